The molecule has 2 aromatic rings. The Morgan fingerprint density at radius 2 is 1.80 bits per heavy atom. The Kier molecular flexibility index (Phi) is 5.01. The van der Waals surface area contributed by atoms with E-state index >= 15 is 0 Å². The van der Waals surface area contributed by atoms with Crippen LogP contribution >= 0.6 is 11.6 Å². The molecule has 0 aliphatic rings. The van der Waals surface area contributed by atoms with Crippen LogP contribution in [-0.4, -0.2) is 23.3 Å². The molecule has 1 N–H and O–H groups in total. The number of benzene rings is 1. The van der Waals surface area contributed by atoms with Gasteiger partial charge in [0.2, 0.25) is 5.91 Å². The number of nitrogens with one attached hydrogen (secondary N) is 1. The molecule has 0 aliphatic carbocycles. The van der Waals surface area contributed by atoms with Crippen molar-refractivity contribution in [3.8, 4) is 0 Å². The molecule has 0 saturated carbocycles. The number of amides is 1. The van der Waals surface area contributed by atoms with E-state index in [1.54, 1.807) is 20.8 Å². The number of nitrogens with zero attached hydrogens (tertiary/aromatic N) is 2. The van der Waals surface area contributed by atoms with Crippen molar-refractivity contribution >= 4 is 33.3 Å². The molecule has 0 atom stereocenters. The molecular formula is C15H15ClFN3O4S. The first-order valence-corrected chi connectivity index (χ1v) is 8.86. The van der Waals surface area contributed by atoms with Crippen LogP contribution in [0.3, 0.4) is 0 Å². The lowest BCUT2D eigenvalue weighted by atomic mass is 9.96. The highest BCUT2D eigenvalue weighted by Gasteiger charge is 2.25. The molecule has 1 amide bonds. The van der Waals surface area contributed by atoms with Crippen LogP contribution in [-0.2, 0) is 14.8 Å². The maximum Gasteiger partial charge on any atom is 0.363 e. The Labute approximate surface area is 148 Å². The highest BCUT2D eigenvalue weighted by Crippen LogP contribution is 2.19. The summed E-state index contributed by atoms with van der Waals surface area (Å²) in [5, 5.41) is 2.47. The van der Waals surface area contributed by atoms with Crippen LogP contribution in [0, 0.1) is 11.2 Å². The molecule has 0 aliphatic heterocycles. The second-order valence-corrected chi connectivity index (χ2v) is 8.43. The van der Waals surface area contributed by atoms with Gasteiger partial charge in [-0.05, 0) is 24.3 Å². The van der Waals surface area contributed by atoms with Crippen molar-refractivity contribution in [3.05, 3.63) is 51.8 Å². The fourth-order valence-electron chi connectivity index (χ4n) is 1.69. The number of carbonyl (C=O) groups is 1. The summed E-state index contributed by atoms with van der Waals surface area (Å²) in [6, 6.07) is 5.00. The highest BCUT2D eigenvalue weighted by atomic mass is 35.5. The molecule has 1 heterocycles. The zero-order valence-corrected chi connectivity index (χ0v) is 15.2. The predicted molar refractivity (Wildman–Crippen MR) is 90.6 cm³/mol. The lowest BCUT2D eigenvalue weighted by Crippen LogP contribution is -2.33. The van der Waals surface area contributed by atoms with E-state index in [2.05, 4.69) is 10.3 Å². The Balaban J connectivity index is 2.48. The Morgan fingerprint density at radius 3 is 2.32 bits per heavy atom. The fraction of sp³-hybridized carbons (Fsp3) is 0.267. The zero-order chi connectivity index (χ0) is 19.0. The summed E-state index contributed by atoms with van der Waals surface area (Å²) in [5.74, 6) is -2.36. The number of rotatable bonds is 3. The van der Waals surface area contributed by atoms with Crippen molar-refractivity contribution in [1.82, 2.24) is 8.96 Å². The third kappa shape index (κ3) is 4.05. The van der Waals surface area contributed by atoms with Crippen molar-refractivity contribution in [2.45, 2.75) is 25.7 Å². The second-order valence-electron chi connectivity index (χ2n) is 6.18. The van der Waals surface area contributed by atoms with E-state index in [-0.39, 0.29) is 8.87 Å². The van der Waals surface area contributed by atoms with E-state index in [1.165, 1.54) is 24.3 Å². The maximum absolute atomic E-state index is 14.2. The predicted octanol–water partition coefficient (Wildman–Crippen LogP) is 2.26. The number of aromatic nitrogens is 2. The molecule has 0 fully saturated rings. The van der Waals surface area contributed by atoms with Gasteiger partial charge in [0.15, 0.2) is 11.6 Å². The standard InChI is InChI=1S/C15H15ClFN3O4S/c1-15(2,3)13(21)18-12-11(17)8-20(14(22)19-12)25(23,24)10-6-4-9(16)5-7-10/h4-8H,1-3H3,(H,18,19,21,22). The van der Waals surface area contributed by atoms with Crippen molar-refractivity contribution < 1.29 is 17.6 Å². The van der Waals surface area contributed by atoms with Crippen molar-refractivity contribution in [2.75, 3.05) is 5.32 Å². The third-order valence-electron chi connectivity index (χ3n) is 3.14. The summed E-state index contributed by atoms with van der Waals surface area (Å²) < 4.78 is 39.2. The van der Waals surface area contributed by atoms with Gasteiger partial charge in [-0.1, -0.05) is 32.4 Å². The van der Waals surface area contributed by atoms with E-state index in [9.17, 15) is 22.4 Å². The molecular weight excluding hydrogens is 373 g/mol. The molecule has 0 unspecified atom stereocenters. The molecule has 25 heavy (non-hydrogen) atoms. The third-order valence-corrected chi connectivity index (χ3v) is 5.04. The fourth-order valence-corrected chi connectivity index (χ4v) is 3.00. The maximum atomic E-state index is 14.2. The summed E-state index contributed by atoms with van der Waals surface area (Å²) in [6.07, 6.45) is 0.470. The minimum atomic E-state index is -4.35. The molecule has 0 bridgehead atoms. The molecule has 134 valence electrons. The van der Waals surface area contributed by atoms with Gasteiger partial charge in [0.1, 0.15) is 0 Å². The average molecular weight is 388 g/mol. The average Bonchev–Trinajstić information content (AvgIpc) is 2.49. The van der Waals surface area contributed by atoms with Gasteiger partial charge in [0.25, 0.3) is 10.0 Å². The van der Waals surface area contributed by atoms with Gasteiger partial charge in [0, 0.05) is 10.4 Å². The van der Waals surface area contributed by atoms with E-state index in [0.29, 0.717) is 11.2 Å². The normalized spacial score (nSPS) is 12.0. The lowest BCUT2D eigenvalue weighted by Gasteiger charge is -2.17. The Morgan fingerprint density at radius 1 is 1.24 bits per heavy atom. The van der Waals surface area contributed by atoms with Gasteiger partial charge in [0.05, 0.1) is 11.1 Å². The van der Waals surface area contributed by atoms with Gasteiger partial charge in [-0.15, -0.1) is 0 Å². The van der Waals surface area contributed by atoms with Crippen molar-refractivity contribution in [1.29, 1.82) is 0 Å². The molecule has 0 saturated heterocycles. The Bertz CT molecular complexity index is 979. The minimum Gasteiger partial charge on any atom is -0.308 e. The summed E-state index contributed by atoms with van der Waals surface area (Å²) in [6.45, 7) is 4.77. The number of halogens is 2. The van der Waals surface area contributed by atoms with Gasteiger partial charge in [-0.2, -0.15) is 8.96 Å². The number of carbonyl (C=O) groups excluding carboxylic acids is 1. The first-order chi connectivity index (χ1) is 11.4. The number of hydrogen-bond acceptors (Lipinski definition) is 5. The second kappa shape index (κ2) is 6.57. The van der Waals surface area contributed by atoms with E-state index in [0.717, 1.165) is 0 Å². The molecule has 1 aromatic heterocycles. The van der Waals surface area contributed by atoms with Crippen LogP contribution in [0.4, 0.5) is 10.2 Å². The summed E-state index contributed by atoms with van der Waals surface area (Å²) in [5.41, 5.74) is -2.10. The first kappa shape index (κ1) is 19.1. The molecule has 2 rings (SSSR count). The van der Waals surface area contributed by atoms with Gasteiger partial charge < -0.3 is 5.32 Å². The van der Waals surface area contributed by atoms with Crippen LogP contribution in [0.2, 0.25) is 5.02 Å². The van der Waals surface area contributed by atoms with E-state index in [4.69, 9.17) is 11.6 Å². The molecule has 0 radical (unpaired) electrons. The van der Waals surface area contributed by atoms with Crippen LogP contribution < -0.4 is 11.0 Å². The van der Waals surface area contributed by atoms with Crippen molar-refractivity contribution in [3.63, 3.8) is 0 Å². The summed E-state index contributed by atoms with van der Waals surface area (Å²) in [7, 11) is -4.35. The van der Waals surface area contributed by atoms with Crippen LogP contribution in [0.1, 0.15) is 20.8 Å². The first-order valence-electron chi connectivity index (χ1n) is 7.05. The van der Waals surface area contributed by atoms with Gasteiger partial charge in [-0.3, -0.25) is 4.79 Å². The van der Waals surface area contributed by atoms with Crippen LogP contribution in [0.15, 0.2) is 40.2 Å². The van der Waals surface area contributed by atoms with E-state index in [1.807, 2.05) is 0 Å². The molecule has 0 spiro atoms. The summed E-state index contributed by atoms with van der Waals surface area (Å²) in [4.78, 5) is 27.0. The van der Waals surface area contributed by atoms with E-state index < -0.39 is 38.7 Å². The number of hydrogen-bond donors (Lipinski definition) is 1. The topological polar surface area (TPSA) is 98.1 Å². The molecule has 7 nitrogen and oxygen atoms in total. The van der Waals surface area contributed by atoms with Gasteiger partial charge >= 0.3 is 5.69 Å². The highest BCUT2D eigenvalue weighted by molar-refractivity contribution is 7.90. The monoisotopic (exact) mass is 387 g/mol. The molecule has 10 heteroatoms. The van der Waals surface area contributed by atoms with Gasteiger partial charge in [-0.25, -0.2) is 17.6 Å². The minimum absolute atomic E-state index is 0.165. The molecule has 1 aromatic carbocycles. The Hall–Kier alpha value is -2.26. The summed E-state index contributed by atoms with van der Waals surface area (Å²) >= 11 is 5.69. The lowest BCUT2D eigenvalue weighted by molar-refractivity contribution is -0.123. The van der Waals surface area contributed by atoms with Crippen LogP contribution in [0.25, 0.3) is 0 Å². The van der Waals surface area contributed by atoms with Crippen LogP contribution in [0.5, 0.6) is 0 Å². The number of anilines is 1. The quantitative estimate of drug-likeness (QED) is 0.871. The SMILES string of the molecule is CC(C)(C)C(=O)Nc1nc(=O)n(S(=O)(=O)c2ccc(Cl)cc2)cc1F. The zero-order valence-electron chi connectivity index (χ0n) is 13.6. The largest absolute Gasteiger partial charge is 0.363 e. The smallest absolute Gasteiger partial charge is 0.308 e. The van der Waals surface area contributed by atoms with Crippen molar-refractivity contribution in [2.24, 2.45) is 5.41 Å².